The molecule has 0 N–H and O–H groups in total. The van der Waals surface area contributed by atoms with Crippen molar-refractivity contribution in [3.63, 3.8) is 0 Å². The highest BCUT2D eigenvalue weighted by Crippen LogP contribution is 2.55. The van der Waals surface area contributed by atoms with Crippen molar-refractivity contribution >= 4 is 131 Å². The smallest absolute Gasteiger partial charge is 0.160 e. The standard InChI is InChI=1S/C88H53N7O/c1-3-27-54(28-4-1)67-53-68(90-88(89-67)55-29-5-2-6-30-55)81-82(91-69-41-17-7-31-56(69)57-32-8-18-42-70(57)91)84(93-73-45-21-11-35-60(73)61-36-12-22-46-74(61)93)86(95-77-49-25-15-40-66(77)80-78(95)52-51-65-64-39-16-26-50-79(64)96-87(65)80)85(94-75-47-23-13-37-62(75)63-38-14-24-48-76(63)94)83(81)92-71-43-19-9-33-58(71)59-34-10-20-44-72(59)92/h1-53H. The van der Waals surface area contributed by atoms with Crippen LogP contribution in [0.15, 0.2) is 326 Å². The summed E-state index contributed by atoms with van der Waals surface area (Å²) in [6, 6.07) is 117. The predicted octanol–water partition coefficient (Wildman–Crippen LogP) is 22.9. The van der Waals surface area contributed by atoms with Crippen molar-refractivity contribution in [1.82, 2.24) is 32.8 Å². The number of nitrogens with zero attached hydrogens (tertiary/aromatic N) is 7. The molecule has 0 aliphatic carbocycles. The molecule has 0 fully saturated rings. The third kappa shape index (κ3) is 7.32. The fourth-order valence-corrected chi connectivity index (χ4v) is 16.2. The summed E-state index contributed by atoms with van der Waals surface area (Å²) >= 11 is 0. The van der Waals surface area contributed by atoms with Gasteiger partial charge >= 0.3 is 0 Å². The van der Waals surface area contributed by atoms with Gasteiger partial charge in [0, 0.05) is 70.4 Å². The largest absolute Gasteiger partial charge is 0.455 e. The lowest BCUT2D eigenvalue weighted by Gasteiger charge is -2.31. The number of furan rings is 1. The van der Waals surface area contributed by atoms with Gasteiger partial charge in [0.05, 0.1) is 106 Å². The van der Waals surface area contributed by atoms with E-state index in [-0.39, 0.29) is 0 Å². The third-order valence-electron chi connectivity index (χ3n) is 20.1. The molecule has 0 aliphatic heterocycles. The minimum absolute atomic E-state index is 0.603. The Morgan fingerprint density at radius 2 is 0.521 bits per heavy atom. The Kier molecular flexibility index (Phi) is 11.1. The van der Waals surface area contributed by atoms with Crippen LogP contribution < -0.4 is 0 Å². The molecule has 0 radical (unpaired) electrons. The lowest BCUT2D eigenvalue weighted by Crippen LogP contribution is -2.18. The van der Waals surface area contributed by atoms with Crippen LogP contribution in [-0.4, -0.2) is 32.8 Å². The number of rotatable bonds is 8. The summed E-state index contributed by atoms with van der Waals surface area (Å²) in [5.74, 6) is 0.603. The number of hydrogen-bond donors (Lipinski definition) is 0. The molecule has 21 aromatic rings. The van der Waals surface area contributed by atoms with Gasteiger partial charge in [-0.3, -0.25) is 0 Å². The average molecular weight is 1220 g/mol. The van der Waals surface area contributed by atoms with Gasteiger partial charge in [-0.2, -0.15) is 0 Å². The van der Waals surface area contributed by atoms with Crippen molar-refractivity contribution in [2.45, 2.75) is 0 Å². The summed E-state index contributed by atoms with van der Waals surface area (Å²) in [5.41, 5.74) is 21.0. The number of para-hydroxylation sites is 10. The van der Waals surface area contributed by atoms with E-state index >= 15 is 0 Å². The van der Waals surface area contributed by atoms with Gasteiger partial charge in [-0.25, -0.2) is 9.97 Å². The van der Waals surface area contributed by atoms with Crippen LogP contribution in [0.4, 0.5) is 0 Å². The molecule has 0 spiro atoms. The summed E-state index contributed by atoms with van der Waals surface area (Å²) in [5, 5.41) is 13.2. The lowest BCUT2D eigenvalue weighted by molar-refractivity contribution is 0.673. The SMILES string of the molecule is c1ccc(-c2cc(-c3c(-n4c5ccccc5c5ccccc54)c(-n4c5ccccc5c5ccccc54)c(-n4c5ccccc5c5c6oc7ccccc7c6ccc54)c(-n4c5ccccc5c5ccccc54)c3-n3c4ccccc4c4ccccc43)nc(-c3ccccc3)n2)cc1. The second-order valence-electron chi connectivity index (χ2n) is 25.1. The summed E-state index contributed by atoms with van der Waals surface area (Å²) in [6.45, 7) is 0. The molecule has 7 aromatic heterocycles. The van der Waals surface area contributed by atoms with Crippen LogP contribution >= 0.6 is 0 Å². The molecular weight excluding hydrogens is 1170 g/mol. The molecule has 0 amide bonds. The van der Waals surface area contributed by atoms with Gasteiger partial charge in [0.2, 0.25) is 0 Å². The monoisotopic (exact) mass is 1220 g/mol. The maximum Gasteiger partial charge on any atom is 0.160 e. The maximum atomic E-state index is 7.24. The maximum absolute atomic E-state index is 7.24. The summed E-state index contributed by atoms with van der Waals surface area (Å²) in [6.07, 6.45) is 0. The van der Waals surface area contributed by atoms with Crippen LogP contribution in [0.25, 0.3) is 193 Å². The Labute approximate surface area is 548 Å². The van der Waals surface area contributed by atoms with E-state index < -0.39 is 0 Å². The third-order valence-corrected chi connectivity index (χ3v) is 20.1. The minimum Gasteiger partial charge on any atom is -0.455 e. The van der Waals surface area contributed by atoms with Crippen molar-refractivity contribution < 1.29 is 4.42 Å². The van der Waals surface area contributed by atoms with Crippen molar-refractivity contribution in [3.05, 3.63) is 322 Å². The molecule has 21 rings (SSSR count). The molecule has 7 heterocycles. The van der Waals surface area contributed by atoms with Crippen LogP contribution in [-0.2, 0) is 0 Å². The van der Waals surface area contributed by atoms with Crippen LogP contribution in [0, 0.1) is 0 Å². The highest BCUT2D eigenvalue weighted by molar-refractivity contribution is 6.25. The molecule has 0 aliphatic rings. The van der Waals surface area contributed by atoms with Crippen LogP contribution in [0.2, 0.25) is 0 Å². The van der Waals surface area contributed by atoms with Crippen molar-refractivity contribution in [1.29, 1.82) is 0 Å². The molecule has 8 heteroatoms. The fraction of sp³-hybridized carbons (Fsp3) is 0. The number of fused-ring (bicyclic) bond motifs is 19. The second-order valence-corrected chi connectivity index (χ2v) is 25.1. The van der Waals surface area contributed by atoms with Crippen molar-refractivity contribution in [2.75, 3.05) is 0 Å². The summed E-state index contributed by atoms with van der Waals surface area (Å²) in [4.78, 5) is 11.7. The second kappa shape index (κ2) is 20.2. The number of aromatic nitrogens is 7. The van der Waals surface area contributed by atoms with E-state index in [1.807, 2.05) is 0 Å². The van der Waals surface area contributed by atoms with Crippen LogP contribution in [0.5, 0.6) is 0 Å². The zero-order valence-electron chi connectivity index (χ0n) is 51.6. The molecule has 0 saturated carbocycles. The van der Waals surface area contributed by atoms with E-state index in [0.29, 0.717) is 5.82 Å². The van der Waals surface area contributed by atoms with Gasteiger partial charge in [-0.1, -0.05) is 243 Å². The van der Waals surface area contributed by atoms with E-state index in [1.54, 1.807) is 0 Å². The van der Waals surface area contributed by atoms with E-state index in [0.717, 1.165) is 187 Å². The lowest BCUT2D eigenvalue weighted by atomic mass is 9.96. The zero-order valence-corrected chi connectivity index (χ0v) is 51.6. The Morgan fingerprint density at radius 1 is 0.219 bits per heavy atom. The van der Waals surface area contributed by atoms with E-state index in [9.17, 15) is 0 Å². The molecule has 96 heavy (non-hydrogen) atoms. The first-order valence-corrected chi connectivity index (χ1v) is 32.7. The van der Waals surface area contributed by atoms with Gasteiger partial charge < -0.3 is 27.3 Å². The summed E-state index contributed by atoms with van der Waals surface area (Å²) in [7, 11) is 0. The fourth-order valence-electron chi connectivity index (χ4n) is 16.2. The highest BCUT2D eigenvalue weighted by Gasteiger charge is 2.38. The Balaban J connectivity index is 1.15. The topological polar surface area (TPSA) is 63.6 Å². The molecular formula is C88H53N7O. The normalized spacial score (nSPS) is 12.2. The zero-order chi connectivity index (χ0) is 62.7. The molecule has 0 unspecified atom stereocenters. The number of hydrogen-bond acceptors (Lipinski definition) is 3. The van der Waals surface area contributed by atoms with Crippen molar-refractivity contribution in [3.8, 4) is 62.3 Å². The first-order valence-electron chi connectivity index (χ1n) is 32.7. The minimum atomic E-state index is 0.603. The highest BCUT2D eigenvalue weighted by atomic mass is 16.3. The van der Waals surface area contributed by atoms with E-state index in [4.69, 9.17) is 14.4 Å². The Morgan fingerprint density at radius 3 is 0.938 bits per heavy atom. The summed E-state index contributed by atoms with van der Waals surface area (Å²) < 4.78 is 20.2. The molecule has 8 nitrogen and oxygen atoms in total. The Hall–Kier alpha value is -13.0. The van der Waals surface area contributed by atoms with Gasteiger partial charge in [-0.15, -0.1) is 0 Å². The quantitative estimate of drug-likeness (QED) is 0.152. The van der Waals surface area contributed by atoms with Gasteiger partial charge in [0.1, 0.15) is 11.2 Å². The molecule has 0 bridgehead atoms. The van der Waals surface area contributed by atoms with E-state index in [2.05, 4.69) is 344 Å². The van der Waals surface area contributed by atoms with Gasteiger partial charge in [0.15, 0.2) is 5.82 Å². The molecule has 0 atom stereocenters. The number of benzene rings is 14. The van der Waals surface area contributed by atoms with E-state index in [1.165, 1.54) is 0 Å². The first-order chi connectivity index (χ1) is 47.7. The first kappa shape index (κ1) is 52.6. The molecule has 0 saturated heterocycles. The predicted molar refractivity (Wildman–Crippen MR) is 397 cm³/mol. The van der Waals surface area contributed by atoms with Gasteiger partial charge in [-0.05, 0) is 78.9 Å². The average Bonchev–Trinajstić information content (AvgIpc) is 1.43. The van der Waals surface area contributed by atoms with Crippen LogP contribution in [0.1, 0.15) is 0 Å². The van der Waals surface area contributed by atoms with Gasteiger partial charge in [0.25, 0.3) is 0 Å². The molecule has 14 aromatic carbocycles. The molecule has 446 valence electrons. The van der Waals surface area contributed by atoms with Crippen LogP contribution in [0.3, 0.4) is 0 Å². The van der Waals surface area contributed by atoms with Crippen molar-refractivity contribution in [2.24, 2.45) is 0 Å². The Bertz CT molecular complexity index is 6310.